The van der Waals surface area contributed by atoms with Gasteiger partial charge in [0.25, 0.3) is 5.78 Å². The summed E-state index contributed by atoms with van der Waals surface area (Å²) in [6.07, 6.45) is 1.35. The van der Waals surface area contributed by atoms with E-state index in [1.54, 1.807) is 42.5 Å². The van der Waals surface area contributed by atoms with Crippen LogP contribution in [0, 0.1) is 5.82 Å². The minimum absolute atomic E-state index is 0.315. The fourth-order valence-electron chi connectivity index (χ4n) is 2.46. The Morgan fingerprint density at radius 2 is 1.92 bits per heavy atom. The molecule has 0 saturated heterocycles. The van der Waals surface area contributed by atoms with Crippen LogP contribution in [0.4, 0.5) is 4.39 Å². The molecule has 8 heteroatoms. The van der Waals surface area contributed by atoms with Crippen LogP contribution < -0.4 is 10.5 Å². The van der Waals surface area contributed by atoms with E-state index in [-0.39, 0.29) is 5.82 Å². The van der Waals surface area contributed by atoms with Gasteiger partial charge >= 0.3 is 0 Å². The average molecular weight is 349 g/mol. The van der Waals surface area contributed by atoms with Gasteiger partial charge in [0.1, 0.15) is 17.9 Å². The fourth-order valence-corrected chi connectivity index (χ4v) is 2.46. The van der Waals surface area contributed by atoms with Gasteiger partial charge in [-0.3, -0.25) is 4.79 Å². The van der Waals surface area contributed by atoms with E-state index in [1.165, 1.54) is 23.0 Å². The number of carbonyl (C=O) groups excluding carboxylic acids is 1. The van der Waals surface area contributed by atoms with Gasteiger partial charge in [-0.15, -0.1) is 0 Å². The molecule has 2 aromatic carbocycles. The number of aromatic nitrogens is 4. The second kappa shape index (κ2) is 6.25. The standard InChI is InChI=1S/C18H12FN5O2/c19-13-3-1-2-12(8-13)15-9-16(24-18(23-15)21-10-22-24)26-14-6-4-11(5-7-14)17(20)25/h1-10H,(H2,20,25). The zero-order chi connectivity index (χ0) is 18.1. The molecule has 128 valence electrons. The molecule has 2 aromatic heterocycles. The maximum Gasteiger partial charge on any atom is 0.255 e. The van der Waals surface area contributed by atoms with E-state index in [4.69, 9.17) is 10.5 Å². The summed E-state index contributed by atoms with van der Waals surface area (Å²) >= 11 is 0. The highest BCUT2D eigenvalue weighted by atomic mass is 19.1. The zero-order valence-electron chi connectivity index (χ0n) is 13.3. The van der Waals surface area contributed by atoms with E-state index in [9.17, 15) is 9.18 Å². The molecule has 1 amide bonds. The van der Waals surface area contributed by atoms with Gasteiger partial charge in [0.2, 0.25) is 11.8 Å². The van der Waals surface area contributed by atoms with Crippen molar-refractivity contribution in [2.24, 2.45) is 5.73 Å². The summed E-state index contributed by atoms with van der Waals surface area (Å²) in [7, 11) is 0. The van der Waals surface area contributed by atoms with E-state index >= 15 is 0 Å². The highest BCUT2D eigenvalue weighted by molar-refractivity contribution is 5.92. The summed E-state index contributed by atoms with van der Waals surface area (Å²) in [6.45, 7) is 0. The lowest BCUT2D eigenvalue weighted by atomic mass is 10.1. The third-order valence-corrected chi connectivity index (χ3v) is 3.70. The van der Waals surface area contributed by atoms with Crippen LogP contribution in [0.25, 0.3) is 17.0 Å². The van der Waals surface area contributed by atoms with Crippen molar-refractivity contribution >= 4 is 11.7 Å². The smallest absolute Gasteiger partial charge is 0.255 e. The van der Waals surface area contributed by atoms with E-state index < -0.39 is 5.91 Å². The number of carbonyl (C=O) groups is 1. The fraction of sp³-hybridized carbons (Fsp3) is 0. The zero-order valence-corrected chi connectivity index (χ0v) is 13.3. The first-order valence-corrected chi connectivity index (χ1v) is 7.64. The van der Waals surface area contributed by atoms with E-state index in [0.717, 1.165) is 0 Å². The van der Waals surface area contributed by atoms with Gasteiger partial charge in [0.05, 0.1) is 5.69 Å². The van der Waals surface area contributed by atoms with Gasteiger partial charge in [0.15, 0.2) is 0 Å². The van der Waals surface area contributed by atoms with Gasteiger partial charge in [0, 0.05) is 17.2 Å². The van der Waals surface area contributed by atoms with Gasteiger partial charge < -0.3 is 10.5 Å². The molecule has 0 unspecified atom stereocenters. The maximum absolute atomic E-state index is 13.5. The minimum atomic E-state index is -0.521. The Hall–Kier alpha value is -3.81. The molecule has 26 heavy (non-hydrogen) atoms. The van der Waals surface area contributed by atoms with Crippen molar-refractivity contribution in [2.45, 2.75) is 0 Å². The van der Waals surface area contributed by atoms with Crippen molar-refractivity contribution in [2.75, 3.05) is 0 Å². The molecule has 0 aliphatic heterocycles. The van der Waals surface area contributed by atoms with Gasteiger partial charge in [-0.1, -0.05) is 12.1 Å². The van der Waals surface area contributed by atoms with E-state index in [1.807, 2.05) is 0 Å². The number of nitrogens with two attached hydrogens (primary N) is 1. The highest BCUT2D eigenvalue weighted by Crippen LogP contribution is 2.27. The quantitative estimate of drug-likeness (QED) is 0.611. The number of amides is 1. The summed E-state index contributed by atoms with van der Waals surface area (Å²) in [5.41, 5.74) is 6.69. The Balaban J connectivity index is 1.76. The van der Waals surface area contributed by atoms with E-state index in [2.05, 4.69) is 15.1 Å². The van der Waals surface area contributed by atoms with Gasteiger partial charge in [-0.25, -0.2) is 9.37 Å². The Morgan fingerprint density at radius 3 is 2.65 bits per heavy atom. The second-order valence-corrected chi connectivity index (χ2v) is 5.45. The van der Waals surface area contributed by atoms with Crippen LogP contribution in [0.15, 0.2) is 60.9 Å². The number of nitrogens with zero attached hydrogens (tertiary/aromatic N) is 4. The Labute approximate surface area is 146 Å². The van der Waals surface area contributed by atoms with Crippen molar-refractivity contribution in [1.29, 1.82) is 0 Å². The normalized spacial score (nSPS) is 10.8. The first-order chi connectivity index (χ1) is 12.6. The molecule has 4 rings (SSSR count). The number of halogens is 1. The molecule has 2 heterocycles. The number of hydrogen-bond acceptors (Lipinski definition) is 5. The number of ether oxygens (including phenoxy) is 1. The van der Waals surface area contributed by atoms with E-state index in [0.29, 0.717) is 34.2 Å². The Morgan fingerprint density at radius 1 is 1.12 bits per heavy atom. The minimum Gasteiger partial charge on any atom is -0.439 e. The monoisotopic (exact) mass is 349 g/mol. The predicted molar refractivity (Wildman–Crippen MR) is 91.2 cm³/mol. The van der Waals surface area contributed by atoms with Crippen LogP contribution >= 0.6 is 0 Å². The molecule has 0 spiro atoms. The second-order valence-electron chi connectivity index (χ2n) is 5.45. The lowest BCUT2D eigenvalue weighted by molar-refractivity contribution is 0.100. The number of benzene rings is 2. The summed E-state index contributed by atoms with van der Waals surface area (Å²) in [5, 5.41) is 4.08. The molecule has 0 fully saturated rings. The summed E-state index contributed by atoms with van der Waals surface area (Å²) < 4.78 is 20.8. The molecule has 0 aliphatic carbocycles. The highest BCUT2D eigenvalue weighted by Gasteiger charge is 2.12. The predicted octanol–water partition coefficient (Wildman–Crippen LogP) is 2.82. The SMILES string of the molecule is NC(=O)c1ccc(Oc2cc(-c3cccc(F)c3)nc3ncnn23)cc1. The molecule has 2 N–H and O–H groups in total. The van der Waals surface area contributed by atoms with Crippen LogP contribution in [0.2, 0.25) is 0 Å². The third-order valence-electron chi connectivity index (χ3n) is 3.70. The molecule has 7 nitrogen and oxygen atoms in total. The number of fused-ring (bicyclic) bond motifs is 1. The molecule has 0 saturated carbocycles. The topological polar surface area (TPSA) is 95.4 Å². The molecular weight excluding hydrogens is 337 g/mol. The molecule has 0 bridgehead atoms. The first kappa shape index (κ1) is 15.7. The Bertz CT molecular complexity index is 1110. The first-order valence-electron chi connectivity index (χ1n) is 7.64. The van der Waals surface area contributed by atoms with Crippen molar-refractivity contribution in [3.05, 3.63) is 72.3 Å². The van der Waals surface area contributed by atoms with Crippen LogP contribution in [-0.4, -0.2) is 25.5 Å². The van der Waals surface area contributed by atoms with Crippen molar-refractivity contribution in [3.63, 3.8) is 0 Å². The van der Waals surface area contributed by atoms with Crippen LogP contribution in [0.1, 0.15) is 10.4 Å². The number of rotatable bonds is 4. The molecule has 0 radical (unpaired) electrons. The Kier molecular flexibility index (Phi) is 3.77. The lowest BCUT2D eigenvalue weighted by Gasteiger charge is -2.09. The van der Waals surface area contributed by atoms with Crippen LogP contribution in [-0.2, 0) is 0 Å². The third kappa shape index (κ3) is 2.95. The maximum atomic E-state index is 13.5. The molecule has 4 aromatic rings. The molecular formula is C18H12FN5O2. The van der Waals surface area contributed by atoms with Gasteiger partial charge in [-0.2, -0.15) is 14.6 Å². The number of hydrogen-bond donors (Lipinski definition) is 1. The van der Waals surface area contributed by atoms with Crippen molar-refractivity contribution in [1.82, 2.24) is 19.6 Å². The number of primary amides is 1. The van der Waals surface area contributed by atoms with Crippen LogP contribution in [0.5, 0.6) is 11.6 Å². The van der Waals surface area contributed by atoms with Crippen molar-refractivity contribution < 1.29 is 13.9 Å². The molecule has 0 aliphatic rings. The molecule has 0 atom stereocenters. The summed E-state index contributed by atoms with van der Waals surface area (Å²) in [4.78, 5) is 19.6. The lowest BCUT2D eigenvalue weighted by Crippen LogP contribution is -2.10. The average Bonchev–Trinajstić information content (AvgIpc) is 3.11. The van der Waals surface area contributed by atoms with Crippen molar-refractivity contribution in [3.8, 4) is 22.9 Å². The van der Waals surface area contributed by atoms with Crippen LogP contribution in [0.3, 0.4) is 0 Å². The summed E-state index contributed by atoms with van der Waals surface area (Å²) in [5.74, 6) is 0.250. The largest absolute Gasteiger partial charge is 0.439 e. The van der Waals surface area contributed by atoms with Gasteiger partial charge in [-0.05, 0) is 36.4 Å². The summed E-state index contributed by atoms with van der Waals surface area (Å²) in [6, 6.07) is 14.1.